The Morgan fingerprint density at radius 1 is 1.21 bits per heavy atom. The Labute approximate surface area is 193 Å². The largest absolute Gasteiger partial charge is 0.489 e. The third kappa shape index (κ3) is 5.39. The second-order valence-corrected chi connectivity index (χ2v) is 8.74. The zero-order valence-electron chi connectivity index (χ0n) is 19.2. The van der Waals surface area contributed by atoms with Crippen LogP contribution in [0.1, 0.15) is 47.8 Å². The van der Waals surface area contributed by atoms with E-state index < -0.39 is 11.9 Å². The summed E-state index contributed by atoms with van der Waals surface area (Å²) in [5, 5.41) is 9.54. The van der Waals surface area contributed by atoms with Crippen LogP contribution in [-0.4, -0.2) is 46.7 Å². The molecule has 1 aromatic heterocycles. The first-order valence-electron chi connectivity index (χ1n) is 11.2. The maximum absolute atomic E-state index is 13.1. The molecule has 8 heteroatoms. The monoisotopic (exact) mass is 447 g/mol. The van der Waals surface area contributed by atoms with Crippen molar-refractivity contribution in [2.45, 2.75) is 39.2 Å². The maximum Gasteiger partial charge on any atom is 0.291 e. The molecule has 0 unspecified atom stereocenters. The third-order valence-corrected chi connectivity index (χ3v) is 5.68. The summed E-state index contributed by atoms with van der Waals surface area (Å²) in [6, 6.07) is 14.9. The summed E-state index contributed by atoms with van der Waals surface area (Å²) in [6.07, 6.45) is 2.53. The molecule has 172 valence electrons. The number of nitrogens with zero attached hydrogens (tertiary/aromatic N) is 3. The van der Waals surface area contributed by atoms with E-state index in [-0.39, 0.29) is 18.3 Å². The average molecular weight is 448 g/mol. The van der Waals surface area contributed by atoms with Gasteiger partial charge in [0, 0.05) is 13.5 Å². The summed E-state index contributed by atoms with van der Waals surface area (Å²) < 4.78 is 5.88. The number of aromatic amines is 1. The summed E-state index contributed by atoms with van der Waals surface area (Å²) in [4.78, 5) is 31.6. The smallest absolute Gasteiger partial charge is 0.291 e. The highest BCUT2D eigenvalue weighted by molar-refractivity contribution is 6.02. The highest BCUT2D eigenvalue weighted by atomic mass is 16.5. The third-order valence-electron chi connectivity index (χ3n) is 5.68. The Balaban J connectivity index is 1.42. The number of nitrogens with one attached hydrogen (secondary N) is 2. The number of anilines is 1. The molecule has 1 atom stereocenters. The molecule has 0 fully saturated rings. The van der Waals surface area contributed by atoms with E-state index in [4.69, 9.17) is 4.74 Å². The SMILES string of the molecule is CC(C)CCc1ccc2c(c1)N(C)C(=O)[C@H](NC(=O)c1n[nH]c(Cc3ccccc3)n1)CO2. The first kappa shape index (κ1) is 22.5. The summed E-state index contributed by atoms with van der Waals surface area (Å²) in [7, 11) is 1.70. The number of fused-ring (bicyclic) bond motifs is 1. The van der Waals surface area contributed by atoms with Gasteiger partial charge in [-0.1, -0.05) is 50.2 Å². The van der Waals surface area contributed by atoms with Gasteiger partial charge in [-0.3, -0.25) is 14.7 Å². The molecule has 0 bridgehead atoms. The van der Waals surface area contributed by atoms with Gasteiger partial charge in [-0.15, -0.1) is 5.10 Å². The molecule has 2 aromatic carbocycles. The molecule has 0 spiro atoms. The predicted octanol–water partition coefficient (Wildman–Crippen LogP) is 3.14. The van der Waals surface area contributed by atoms with Crippen molar-refractivity contribution in [2.75, 3.05) is 18.6 Å². The zero-order chi connectivity index (χ0) is 23.4. The lowest BCUT2D eigenvalue weighted by Crippen LogP contribution is -2.49. The number of likely N-dealkylation sites (N-methyl/N-ethyl adjacent to an activating group) is 1. The van der Waals surface area contributed by atoms with Crippen LogP contribution >= 0.6 is 0 Å². The number of rotatable bonds is 7. The van der Waals surface area contributed by atoms with E-state index in [1.807, 2.05) is 48.5 Å². The molecule has 0 aliphatic carbocycles. The van der Waals surface area contributed by atoms with Crippen molar-refractivity contribution in [3.05, 3.63) is 71.3 Å². The number of hydrogen-bond donors (Lipinski definition) is 2. The van der Waals surface area contributed by atoms with Crippen molar-refractivity contribution < 1.29 is 14.3 Å². The minimum Gasteiger partial charge on any atom is -0.489 e. The topological polar surface area (TPSA) is 100 Å². The number of aromatic nitrogens is 3. The van der Waals surface area contributed by atoms with E-state index in [0.29, 0.717) is 29.6 Å². The number of H-pyrrole nitrogens is 1. The molecule has 8 nitrogen and oxygen atoms in total. The van der Waals surface area contributed by atoms with Crippen molar-refractivity contribution in [3.8, 4) is 5.75 Å². The van der Waals surface area contributed by atoms with Gasteiger partial charge in [0.05, 0.1) is 5.69 Å². The van der Waals surface area contributed by atoms with Gasteiger partial charge in [-0.25, -0.2) is 4.98 Å². The maximum atomic E-state index is 13.1. The van der Waals surface area contributed by atoms with E-state index in [0.717, 1.165) is 24.0 Å². The Bertz CT molecular complexity index is 1130. The molecule has 1 aliphatic rings. The van der Waals surface area contributed by atoms with E-state index in [1.54, 1.807) is 11.9 Å². The van der Waals surface area contributed by atoms with Crippen LogP contribution in [0.3, 0.4) is 0 Å². The van der Waals surface area contributed by atoms with Crippen LogP contribution in [0.5, 0.6) is 5.75 Å². The fraction of sp³-hybridized carbons (Fsp3) is 0.360. The molecule has 2 heterocycles. The lowest BCUT2D eigenvalue weighted by atomic mass is 10.0. The lowest BCUT2D eigenvalue weighted by molar-refractivity contribution is -0.120. The second-order valence-electron chi connectivity index (χ2n) is 8.74. The molecule has 1 aliphatic heterocycles. The Kier molecular flexibility index (Phi) is 6.72. The number of hydrogen-bond acceptors (Lipinski definition) is 5. The van der Waals surface area contributed by atoms with Crippen LogP contribution in [0, 0.1) is 5.92 Å². The summed E-state index contributed by atoms with van der Waals surface area (Å²) in [6.45, 7) is 4.41. The standard InChI is InChI=1S/C25H29N5O3/c1-16(2)9-10-18-11-12-21-20(13-18)30(3)25(32)19(15-33-21)26-24(31)23-27-22(28-29-23)14-17-7-5-4-6-8-17/h4-8,11-13,16,19H,9-10,14-15H2,1-3H3,(H,26,31)(H,27,28,29)/t19-/m1/s1. The van der Waals surface area contributed by atoms with Crippen LogP contribution in [0.4, 0.5) is 5.69 Å². The summed E-state index contributed by atoms with van der Waals surface area (Å²) in [5.74, 6) is 1.02. The number of ether oxygens (including phenoxy) is 1. The number of aryl methyl sites for hydroxylation is 1. The van der Waals surface area contributed by atoms with Crippen molar-refractivity contribution in [1.29, 1.82) is 0 Å². The van der Waals surface area contributed by atoms with Crippen LogP contribution in [-0.2, 0) is 17.6 Å². The van der Waals surface area contributed by atoms with Gasteiger partial charge >= 0.3 is 0 Å². The fourth-order valence-corrected chi connectivity index (χ4v) is 3.75. The zero-order valence-corrected chi connectivity index (χ0v) is 19.2. The first-order valence-corrected chi connectivity index (χ1v) is 11.2. The summed E-state index contributed by atoms with van der Waals surface area (Å²) >= 11 is 0. The van der Waals surface area contributed by atoms with Crippen LogP contribution < -0.4 is 15.0 Å². The van der Waals surface area contributed by atoms with Crippen molar-refractivity contribution in [2.24, 2.45) is 5.92 Å². The Hall–Kier alpha value is -3.68. The van der Waals surface area contributed by atoms with Gasteiger partial charge in [0.2, 0.25) is 5.82 Å². The van der Waals surface area contributed by atoms with E-state index in [1.165, 1.54) is 0 Å². The Morgan fingerprint density at radius 2 is 2.00 bits per heavy atom. The van der Waals surface area contributed by atoms with Crippen LogP contribution in [0.15, 0.2) is 48.5 Å². The second kappa shape index (κ2) is 9.85. The molecule has 0 saturated carbocycles. The van der Waals surface area contributed by atoms with E-state index >= 15 is 0 Å². The molecule has 0 radical (unpaired) electrons. The molecule has 4 rings (SSSR count). The van der Waals surface area contributed by atoms with E-state index in [9.17, 15) is 9.59 Å². The number of amides is 2. The van der Waals surface area contributed by atoms with Gasteiger partial charge in [0.15, 0.2) is 0 Å². The highest BCUT2D eigenvalue weighted by Gasteiger charge is 2.31. The normalized spacial score (nSPS) is 15.7. The summed E-state index contributed by atoms with van der Waals surface area (Å²) in [5.41, 5.74) is 2.92. The number of benzene rings is 2. The molecule has 2 amide bonds. The molecule has 2 N–H and O–H groups in total. The minimum atomic E-state index is -0.843. The van der Waals surface area contributed by atoms with Gasteiger partial charge in [-0.05, 0) is 42.0 Å². The van der Waals surface area contributed by atoms with Crippen molar-refractivity contribution >= 4 is 17.5 Å². The Morgan fingerprint density at radius 3 is 2.76 bits per heavy atom. The first-order chi connectivity index (χ1) is 15.9. The van der Waals surface area contributed by atoms with Gasteiger partial charge in [-0.2, -0.15) is 0 Å². The van der Waals surface area contributed by atoms with Crippen molar-refractivity contribution in [1.82, 2.24) is 20.5 Å². The predicted molar refractivity (Wildman–Crippen MR) is 125 cm³/mol. The average Bonchev–Trinajstić information content (AvgIpc) is 3.24. The molecule has 33 heavy (non-hydrogen) atoms. The fourth-order valence-electron chi connectivity index (χ4n) is 3.75. The van der Waals surface area contributed by atoms with Crippen molar-refractivity contribution in [3.63, 3.8) is 0 Å². The molecular weight excluding hydrogens is 418 g/mol. The molecule has 0 saturated heterocycles. The van der Waals surface area contributed by atoms with Crippen LogP contribution in [0.25, 0.3) is 0 Å². The highest BCUT2D eigenvalue weighted by Crippen LogP contribution is 2.32. The van der Waals surface area contributed by atoms with Crippen LogP contribution in [0.2, 0.25) is 0 Å². The van der Waals surface area contributed by atoms with Gasteiger partial charge in [0.25, 0.3) is 11.8 Å². The van der Waals surface area contributed by atoms with E-state index in [2.05, 4.69) is 34.3 Å². The molecule has 3 aromatic rings. The molecular formula is C25H29N5O3. The lowest BCUT2D eigenvalue weighted by Gasteiger charge is -2.20. The number of carbonyl (C=O) groups excluding carboxylic acids is 2. The van der Waals surface area contributed by atoms with Gasteiger partial charge in [0.1, 0.15) is 24.2 Å². The van der Waals surface area contributed by atoms with Gasteiger partial charge < -0.3 is 15.0 Å². The number of carbonyl (C=O) groups is 2. The quantitative estimate of drug-likeness (QED) is 0.580. The minimum absolute atomic E-state index is 0.00545.